The molecule has 1 aliphatic heterocycles. The summed E-state index contributed by atoms with van der Waals surface area (Å²) in [6.07, 6.45) is 4.88. The second-order valence-corrected chi connectivity index (χ2v) is 9.12. The number of rotatable bonds is 7. The molecule has 2 aromatic rings. The number of hydrogen-bond donors (Lipinski definition) is 2. The average molecular weight is 448 g/mol. The maximum absolute atomic E-state index is 12.9. The minimum absolute atomic E-state index is 0.0567. The largest absolute Gasteiger partial charge is 0.350 e. The van der Waals surface area contributed by atoms with Gasteiger partial charge in [-0.3, -0.25) is 0 Å². The van der Waals surface area contributed by atoms with Gasteiger partial charge in [0.05, 0.1) is 25.3 Å². The van der Waals surface area contributed by atoms with Gasteiger partial charge in [0.2, 0.25) is 0 Å². The van der Waals surface area contributed by atoms with E-state index in [9.17, 15) is 10.1 Å². The molecule has 2 aliphatic rings. The van der Waals surface area contributed by atoms with Crippen molar-refractivity contribution >= 4 is 6.03 Å². The van der Waals surface area contributed by atoms with Crippen LogP contribution in [0.1, 0.15) is 50.2 Å². The molecule has 1 aliphatic carbocycles. The van der Waals surface area contributed by atoms with Crippen molar-refractivity contribution < 1.29 is 14.3 Å². The quantitative estimate of drug-likeness (QED) is 0.654. The molecule has 33 heavy (non-hydrogen) atoms. The van der Waals surface area contributed by atoms with Crippen molar-refractivity contribution in [2.24, 2.45) is 5.92 Å². The Morgan fingerprint density at radius 3 is 2.06 bits per heavy atom. The van der Waals surface area contributed by atoms with Crippen molar-refractivity contribution in [1.82, 2.24) is 10.6 Å². The van der Waals surface area contributed by atoms with Gasteiger partial charge >= 0.3 is 6.03 Å². The fourth-order valence-corrected chi connectivity index (χ4v) is 5.18. The van der Waals surface area contributed by atoms with Gasteiger partial charge in [0.1, 0.15) is 5.41 Å². The molecule has 4 rings (SSSR count). The van der Waals surface area contributed by atoms with Gasteiger partial charge in [-0.15, -0.1) is 0 Å². The van der Waals surface area contributed by atoms with Crippen LogP contribution in [0.25, 0.3) is 0 Å². The molecule has 1 saturated heterocycles. The highest BCUT2D eigenvalue weighted by atomic mass is 16.7. The zero-order valence-corrected chi connectivity index (χ0v) is 19.2. The standard InChI is InChI=1S/C27H33N3O3/c1-20(27(19-28,22-8-4-2-5-9-22)23-10-6-3-7-11-23)29-26(31)30-24-14-12-21(13-15-24)18-25-32-16-17-33-25/h2-11,20-21,24-25H,12-18H2,1H3,(H2,29,30,31). The minimum Gasteiger partial charge on any atom is -0.350 e. The summed E-state index contributed by atoms with van der Waals surface area (Å²) in [6, 6.07) is 21.4. The number of nitriles is 1. The number of carbonyl (C=O) groups is 1. The second-order valence-electron chi connectivity index (χ2n) is 9.12. The fourth-order valence-electron chi connectivity index (χ4n) is 5.18. The van der Waals surface area contributed by atoms with Gasteiger partial charge in [0.25, 0.3) is 0 Å². The molecule has 2 fully saturated rings. The molecule has 2 N–H and O–H groups in total. The Kier molecular flexibility index (Phi) is 7.64. The summed E-state index contributed by atoms with van der Waals surface area (Å²) in [5.41, 5.74) is 0.741. The number of nitrogens with zero attached hydrogens (tertiary/aromatic N) is 1. The van der Waals surface area contributed by atoms with E-state index in [0.29, 0.717) is 19.1 Å². The van der Waals surface area contributed by atoms with Gasteiger partial charge in [-0.2, -0.15) is 5.26 Å². The zero-order chi connectivity index (χ0) is 23.1. The van der Waals surface area contributed by atoms with Gasteiger partial charge in [0.15, 0.2) is 6.29 Å². The van der Waals surface area contributed by atoms with Crippen molar-refractivity contribution in [3.05, 3.63) is 71.8 Å². The number of benzene rings is 2. The van der Waals surface area contributed by atoms with Crippen LogP contribution in [0.2, 0.25) is 0 Å². The molecule has 2 aromatic carbocycles. The molecule has 0 aromatic heterocycles. The maximum atomic E-state index is 12.9. The highest BCUT2D eigenvalue weighted by Crippen LogP contribution is 2.35. The molecular formula is C27H33N3O3. The molecule has 6 nitrogen and oxygen atoms in total. The Balaban J connectivity index is 1.39. The first-order valence-corrected chi connectivity index (χ1v) is 11.9. The molecule has 1 unspecified atom stereocenters. The van der Waals surface area contributed by atoms with E-state index >= 15 is 0 Å². The number of carbonyl (C=O) groups excluding carboxylic acids is 1. The summed E-state index contributed by atoms with van der Waals surface area (Å²) >= 11 is 0. The lowest BCUT2D eigenvalue weighted by Gasteiger charge is -2.35. The zero-order valence-electron chi connectivity index (χ0n) is 19.2. The third-order valence-corrected chi connectivity index (χ3v) is 7.03. The van der Waals surface area contributed by atoms with E-state index in [4.69, 9.17) is 9.47 Å². The Bertz CT molecular complexity index is 891. The van der Waals surface area contributed by atoms with Crippen molar-refractivity contribution in [2.45, 2.75) is 62.8 Å². The Morgan fingerprint density at radius 1 is 1.00 bits per heavy atom. The molecule has 1 heterocycles. The molecule has 1 atom stereocenters. The van der Waals surface area contributed by atoms with Crippen LogP contribution in [0.3, 0.4) is 0 Å². The van der Waals surface area contributed by atoms with E-state index in [0.717, 1.165) is 43.2 Å². The van der Waals surface area contributed by atoms with Gasteiger partial charge in [-0.05, 0) is 49.7 Å². The van der Waals surface area contributed by atoms with E-state index in [-0.39, 0.29) is 18.4 Å². The minimum atomic E-state index is -0.987. The Labute approximate surface area is 196 Å². The first kappa shape index (κ1) is 23.3. The molecule has 0 spiro atoms. The van der Waals surface area contributed by atoms with Gasteiger partial charge in [0, 0.05) is 12.5 Å². The summed E-state index contributed by atoms with van der Waals surface area (Å²) in [4.78, 5) is 12.9. The monoisotopic (exact) mass is 447 g/mol. The van der Waals surface area contributed by atoms with Crippen LogP contribution in [0.5, 0.6) is 0 Å². The number of urea groups is 1. The third kappa shape index (κ3) is 5.38. The van der Waals surface area contributed by atoms with Crippen LogP contribution in [-0.4, -0.2) is 37.6 Å². The van der Waals surface area contributed by atoms with Crippen LogP contribution < -0.4 is 10.6 Å². The number of amides is 2. The summed E-state index contributed by atoms with van der Waals surface area (Å²) < 4.78 is 11.2. The fraction of sp³-hybridized carbons (Fsp3) is 0.481. The first-order chi connectivity index (χ1) is 16.1. The lowest BCUT2D eigenvalue weighted by molar-refractivity contribution is -0.0601. The predicted octanol–water partition coefficient (Wildman–Crippen LogP) is 4.51. The lowest BCUT2D eigenvalue weighted by Crippen LogP contribution is -2.53. The third-order valence-electron chi connectivity index (χ3n) is 7.03. The van der Waals surface area contributed by atoms with Crippen LogP contribution in [-0.2, 0) is 14.9 Å². The number of nitrogens with one attached hydrogen (secondary N) is 2. The van der Waals surface area contributed by atoms with E-state index in [2.05, 4.69) is 16.7 Å². The highest BCUT2D eigenvalue weighted by Gasteiger charge is 2.41. The van der Waals surface area contributed by atoms with Gasteiger partial charge < -0.3 is 20.1 Å². The summed E-state index contributed by atoms with van der Waals surface area (Å²) in [6.45, 7) is 3.29. The van der Waals surface area contributed by atoms with E-state index in [1.807, 2.05) is 67.6 Å². The Morgan fingerprint density at radius 2 is 1.55 bits per heavy atom. The summed E-state index contributed by atoms with van der Waals surface area (Å²) in [7, 11) is 0. The average Bonchev–Trinajstić information content (AvgIpc) is 3.36. The van der Waals surface area contributed by atoms with Gasteiger partial charge in [-0.25, -0.2) is 4.79 Å². The first-order valence-electron chi connectivity index (χ1n) is 11.9. The molecule has 1 saturated carbocycles. The smallest absolute Gasteiger partial charge is 0.315 e. The number of hydrogen-bond acceptors (Lipinski definition) is 4. The normalized spacial score (nSPS) is 22.3. The van der Waals surface area contributed by atoms with E-state index < -0.39 is 11.5 Å². The second kappa shape index (κ2) is 10.8. The van der Waals surface area contributed by atoms with Crippen LogP contribution in [0, 0.1) is 17.2 Å². The molecular weight excluding hydrogens is 414 g/mol. The summed E-state index contributed by atoms with van der Waals surface area (Å²) in [5.74, 6) is 0.579. The van der Waals surface area contributed by atoms with Crippen LogP contribution in [0.4, 0.5) is 4.79 Å². The molecule has 0 radical (unpaired) electrons. The van der Waals surface area contributed by atoms with Crippen molar-refractivity contribution in [3.63, 3.8) is 0 Å². The van der Waals surface area contributed by atoms with E-state index in [1.54, 1.807) is 0 Å². The van der Waals surface area contributed by atoms with Crippen molar-refractivity contribution in [3.8, 4) is 6.07 Å². The SMILES string of the molecule is CC(NC(=O)NC1CCC(CC2OCCO2)CC1)C(C#N)(c1ccccc1)c1ccccc1. The topological polar surface area (TPSA) is 83.4 Å². The molecule has 174 valence electrons. The Hall–Kier alpha value is -2.88. The van der Waals surface area contributed by atoms with Crippen molar-refractivity contribution in [2.75, 3.05) is 13.2 Å². The highest BCUT2D eigenvalue weighted by molar-refractivity contribution is 5.75. The van der Waals surface area contributed by atoms with E-state index in [1.165, 1.54) is 0 Å². The predicted molar refractivity (Wildman–Crippen MR) is 126 cm³/mol. The molecule has 2 amide bonds. The lowest BCUT2D eigenvalue weighted by atomic mass is 9.70. The van der Waals surface area contributed by atoms with Crippen LogP contribution >= 0.6 is 0 Å². The van der Waals surface area contributed by atoms with Crippen LogP contribution in [0.15, 0.2) is 60.7 Å². The maximum Gasteiger partial charge on any atom is 0.315 e. The summed E-state index contributed by atoms with van der Waals surface area (Å²) in [5, 5.41) is 16.6. The molecule has 6 heteroatoms. The number of ether oxygens (including phenoxy) is 2. The van der Waals surface area contributed by atoms with Gasteiger partial charge in [-0.1, -0.05) is 60.7 Å². The molecule has 0 bridgehead atoms. The van der Waals surface area contributed by atoms with Crippen molar-refractivity contribution in [1.29, 1.82) is 5.26 Å².